The predicted molar refractivity (Wildman–Crippen MR) is 143 cm³/mol. The highest BCUT2D eigenvalue weighted by Crippen LogP contribution is 2.26. The van der Waals surface area contributed by atoms with Crippen molar-refractivity contribution in [3.8, 4) is 0 Å². The van der Waals surface area contributed by atoms with Gasteiger partial charge in [-0.3, -0.25) is 0 Å². The van der Waals surface area contributed by atoms with Crippen molar-refractivity contribution in [1.82, 2.24) is 4.90 Å². The number of unbranched alkanes of at least 4 members (excludes halogenated alkanes) is 4. The number of cyclic esters (lactones) is 1. The number of carbonyl (C=O) groups excluding carboxylic acids is 1. The average Bonchev–Trinajstić information content (AvgIpc) is 3.15. The summed E-state index contributed by atoms with van der Waals surface area (Å²) in [6, 6.07) is 15.7. The molecule has 1 aliphatic rings. The number of benzene rings is 2. The topological polar surface area (TPSA) is 62.1 Å². The molecule has 5 nitrogen and oxygen atoms in total. The molecule has 0 amide bonds. The Kier molecular flexibility index (Phi) is 9.39. The monoisotopic (exact) mass is 496 g/mol. The third-order valence-electron chi connectivity index (χ3n) is 6.14. The van der Waals surface area contributed by atoms with Gasteiger partial charge in [-0.25, -0.2) is 9.79 Å². The SMILES string of the molecule is CCCCCCCN(Cc1ccc(C(C)(C)C)cc1)C(=Nc1ccc(Cl)cc1)C1=C(O)COC1=O. The number of aliphatic imine (C=N–C) groups is 1. The zero-order chi connectivity index (χ0) is 25.4. The molecule has 0 saturated carbocycles. The first-order valence-electron chi connectivity index (χ1n) is 12.5. The minimum absolute atomic E-state index is 0.0723. The highest BCUT2D eigenvalue weighted by molar-refractivity contribution is 6.30. The van der Waals surface area contributed by atoms with Crippen LogP contribution in [0.3, 0.4) is 0 Å². The van der Waals surface area contributed by atoms with Crippen LogP contribution in [0.15, 0.2) is 64.9 Å². The van der Waals surface area contributed by atoms with Gasteiger partial charge in [0.2, 0.25) is 0 Å². The van der Waals surface area contributed by atoms with Crippen molar-refractivity contribution in [1.29, 1.82) is 0 Å². The summed E-state index contributed by atoms with van der Waals surface area (Å²) in [6.07, 6.45) is 5.61. The molecule has 6 heteroatoms. The van der Waals surface area contributed by atoms with Crippen molar-refractivity contribution in [2.45, 2.75) is 71.8 Å². The number of nitrogens with zero attached hydrogens (tertiary/aromatic N) is 2. The second-order valence-corrected chi connectivity index (χ2v) is 10.5. The van der Waals surface area contributed by atoms with Crippen LogP contribution in [0.25, 0.3) is 0 Å². The number of esters is 1. The number of halogens is 1. The van der Waals surface area contributed by atoms with Crippen LogP contribution in [-0.4, -0.2) is 35.0 Å². The van der Waals surface area contributed by atoms with Gasteiger partial charge in [-0.15, -0.1) is 0 Å². The number of ether oxygens (including phenoxy) is 1. The minimum atomic E-state index is -0.547. The van der Waals surface area contributed by atoms with Gasteiger partial charge in [0.1, 0.15) is 23.8 Å². The lowest BCUT2D eigenvalue weighted by Gasteiger charge is -2.27. The van der Waals surface area contributed by atoms with E-state index in [0.717, 1.165) is 18.4 Å². The number of aliphatic hydroxyl groups excluding tert-OH is 1. The van der Waals surface area contributed by atoms with Crippen LogP contribution in [0.1, 0.15) is 70.9 Å². The van der Waals surface area contributed by atoms with Crippen LogP contribution in [0.4, 0.5) is 5.69 Å². The summed E-state index contributed by atoms with van der Waals surface area (Å²) in [6.45, 7) is 9.94. The molecule has 0 saturated heterocycles. The van der Waals surface area contributed by atoms with Gasteiger partial charge in [-0.2, -0.15) is 0 Å². The summed E-state index contributed by atoms with van der Waals surface area (Å²) in [5.74, 6) is -0.196. The van der Waals surface area contributed by atoms with Gasteiger partial charge in [0.25, 0.3) is 0 Å². The first kappa shape index (κ1) is 26.8. The minimum Gasteiger partial charge on any atom is -0.508 e. The Morgan fingerprint density at radius 3 is 2.26 bits per heavy atom. The van der Waals surface area contributed by atoms with E-state index in [9.17, 15) is 9.90 Å². The molecular weight excluding hydrogens is 460 g/mol. The van der Waals surface area contributed by atoms with Gasteiger partial charge >= 0.3 is 5.97 Å². The molecule has 0 fully saturated rings. The third kappa shape index (κ3) is 7.60. The fraction of sp³-hybridized carbons (Fsp3) is 0.448. The Labute approximate surface area is 214 Å². The van der Waals surface area contributed by atoms with Crippen LogP contribution in [-0.2, 0) is 21.5 Å². The number of amidine groups is 1. The maximum Gasteiger partial charge on any atom is 0.345 e. The number of carbonyl (C=O) groups is 1. The Hall–Kier alpha value is -2.79. The standard InChI is InChI=1S/C29H37ClN2O3/c1-5-6-7-8-9-18-32(19-21-10-12-22(13-11-21)29(2,3)4)27(26-25(33)20-35-28(26)34)31-24-16-14-23(30)15-17-24/h10-17,33H,5-9,18-20H2,1-4H3. The van der Waals surface area contributed by atoms with Gasteiger partial charge < -0.3 is 14.7 Å². The molecule has 0 aromatic heterocycles. The summed E-state index contributed by atoms with van der Waals surface area (Å²) < 4.78 is 5.14. The number of hydrogen-bond donors (Lipinski definition) is 1. The maximum absolute atomic E-state index is 12.6. The summed E-state index contributed by atoms with van der Waals surface area (Å²) in [5.41, 5.74) is 3.25. The second kappa shape index (κ2) is 12.3. The molecule has 2 aromatic rings. The second-order valence-electron chi connectivity index (χ2n) is 10.1. The quantitative estimate of drug-likeness (QED) is 0.160. The molecule has 0 unspecified atom stereocenters. The molecule has 0 atom stereocenters. The zero-order valence-corrected chi connectivity index (χ0v) is 22.1. The summed E-state index contributed by atoms with van der Waals surface area (Å²) in [5, 5.41) is 11.2. The van der Waals surface area contributed by atoms with Gasteiger partial charge in [-0.05, 0) is 47.2 Å². The summed E-state index contributed by atoms with van der Waals surface area (Å²) in [7, 11) is 0. The molecule has 0 radical (unpaired) electrons. The van der Waals surface area contributed by atoms with E-state index in [2.05, 4.69) is 56.9 Å². The van der Waals surface area contributed by atoms with E-state index in [-0.39, 0.29) is 23.4 Å². The Balaban J connectivity index is 1.97. The van der Waals surface area contributed by atoms with E-state index in [1.54, 1.807) is 24.3 Å². The van der Waals surface area contributed by atoms with Gasteiger partial charge in [-0.1, -0.05) is 89.2 Å². The van der Waals surface area contributed by atoms with E-state index in [4.69, 9.17) is 21.3 Å². The van der Waals surface area contributed by atoms with E-state index in [0.29, 0.717) is 29.6 Å². The average molecular weight is 497 g/mol. The smallest absolute Gasteiger partial charge is 0.345 e. The fourth-order valence-electron chi connectivity index (χ4n) is 4.04. The molecule has 0 bridgehead atoms. The van der Waals surface area contributed by atoms with Crippen LogP contribution >= 0.6 is 11.6 Å². The molecule has 2 aromatic carbocycles. The first-order chi connectivity index (χ1) is 16.7. The fourth-order valence-corrected chi connectivity index (χ4v) is 4.16. The highest BCUT2D eigenvalue weighted by atomic mass is 35.5. The molecule has 35 heavy (non-hydrogen) atoms. The van der Waals surface area contributed by atoms with E-state index < -0.39 is 5.97 Å². The van der Waals surface area contributed by atoms with Crippen LogP contribution < -0.4 is 0 Å². The highest BCUT2D eigenvalue weighted by Gasteiger charge is 2.32. The lowest BCUT2D eigenvalue weighted by atomic mass is 9.87. The Morgan fingerprint density at radius 1 is 1.03 bits per heavy atom. The normalized spacial score (nSPS) is 14.4. The van der Waals surface area contributed by atoms with Crippen molar-refractivity contribution in [3.05, 3.63) is 76.0 Å². The maximum atomic E-state index is 12.6. The molecule has 0 spiro atoms. The third-order valence-corrected chi connectivity index (χ3v) is 6.39. The van der Waals surface area contributed by atoms with Crippen molar-refractivity contribution >= 4 is 29.1 Å². The van der Waals surface area contributed by atoms with Gasteiger partial charge in [0.15, 0.2) is 0 Å². The molecular formula is C29H37ClN2O3. The Morgan fingerprint density at radius 2 is 1.69 bits per heavy atom. The van der Waals surface area contributed by atoms with E-state index in [1.807, 2.05) is 0 Å². The van der Waals surface area contributed by atoms with Crippen LogP contribution in [0, 0.1) is 0 Å². The first-order valence-corrected chi connectivity index (χ1v) is 12.8. The summed E-state index contributed by atoms with van der Waals surface area (Å²) in [4.78, 5) is 19.5. The zero-order valence-electron chi connectivity index (χ0n) is 21.3. The number of aliphatic hydroxyl groups is 1. The van der Waals surface area contributed by atoms with Crippen molar-refractivity contribution in [2.24, 2.45) is 4.99 Å². The van der Waals surface area contributed by atoms with Crippen LogP contribution in [0.2, 0.25) is 5.02 Å². The predicted octanol–water partition coefficient (Wildman–Crippen LogP) is 7.51. The Bertz CT molecular complexity index is 1050. The molecule has 1 heterocycles. The van der Waals surface area contributed by atoms with Crippen LogP contribution in [0.5, 0.6) is 0 Å². The molecule has 1 aliphatic heterocycles. The largest absolute Gasteiger partial charge is 0.508 e. The van der Waals surface area contributed by atoms with Crippen molar-refractivity contribution in [3.63, 3.8) is 0 Å². The lowest BCUT2D eigenvalue weighted by Crippen LogP contribution is -2.35. The van der Waals surface area contributed by atoms with E-state index in [1.165, 1.54) is 24.8 Å². The van der Waals surface area contributed by atoms with E-state index >= 15 is 0 Å². The molecule has 1 N–H and O–H groups in total. The number of rotatable bonds is 10. The van der Waals surface area contributed by atoms with Gasteiger partial charge in [0, 0.05) is 18.1 Å². The van der Waals surface area contributed by atoms with Crippen molar-refractivity contribution < 1.29 is 14.6 Å². The number of hydrogen-bond acceptors (Lipinski definition) is 4. The molecule has 188 valence electrons. The lowest BCUT2D eigenvalue weighted by molar-refractivity contribution is -0.135. The van der Waals surface area contributed by atoms with Gasteiger partial charge in [0.05, 0.1) is 5.69 Å². The van der Waals surface area contributed by atoms with Crippen molar-refractivity contribution in [2.75, 3.05) is 13.2 Å². The molecule has 0 aliphatic carbocycles. The summed E-state index contributed by atoms with van der Waals surface area (Å²) >= 11 is 6.06. The molecule has 3 rings (SSSR count).